The van der Waals surface area contributed by atoms with Gasteiger partial charge in [-0.15, -0.1) is 0 Å². The van der Waals surface area contributed by atoms with Gasteiger partial charge in [-0.1, -0.05) is 23.2 Å². The maximum absolute atomic E-state index is 6.59. The molecular formula is C27H38Cl2N4O2. The predicted octanol–water partition coefficient (Wildman–Crippen LogP) is 6.01. The number of ether oxygens (including phenoxy) is 2. The molecule has 0 bridgehead atoms. The molecule has 0 amide bonds. The summed E-state index contributed by atoms with van der Waals surface area (Å²) in [5.41, 5.74) is 3.76. The van der Waals surface area contributed by atoms with Gasteiger partial charge in [0, 0.05) is 62.0 Å². The van der Waals surface area contributed by atoms with Crippen molar-refractivity contribution in [3.63, 3.8) is 0 Å². The van der Waals surface area contributed by atoms with E-state index >= 15 is 0 Å². The van der Waals surface area contributed by atoms with E-state index in [1.807, 2.05) is 0 Å². The van der Waals surface area contributed by atoms with Gasteiger partial charge in [0.25, 0.3) is 0 Å². The number of aromatic nitrogens is 2. The summed E-state index contributed by atoms with van der Waals surface area (Å²) in [5.74, 6) is 1.25. The van der Waals surface area contributed by atoms with E-state index in [9.17, 15) is 0 Å². The van der Waals surface area contributed by atoms with Crippen LogP contribution in [0.15, 0.2) is 24.5 Å². The van der Waals surface area contributed by atoms with Crippen LogP contribution in [0.4, 0.5) is 5.69 Å². The molecule has 2 fully saturated rings. The first kappa shape index (κ1) is 26.6. The third kappa shape index (κ3) is 7.77. The number of rotatable bonds is 10. The van der Waals surface area contributed by atoms with Crippen molar-refractivity contribution in [1.82, 2.24) is 15.3 Å². The van der Waals surface area contributed by atoms with Crippen LogP contribution in [0.3, 0.4) is 0 Å². The first-order valence-electron chi connectivity index (χ1n) is 12.9. The molecule has 0 aromatic carbocycles. The highest BCUT2D eigenvalue weighted by Gasteiger charge is 2.23. The van der Waals surface area contributed by atoms with E-state index in [2.05, 4.69) is 39.7 Å². The molecular weight excluding hydrogens is 483 g/mol. The Labute approximate surface area is 219 Å². The van der Waals surface area contributed by atoms with Crippen LogP contribution in [0, 0.1) is 11.8 Å². The molecule has 2 aliphatic rings. The summed E-state index contributed by atoms with van der Waals surface area (Å²) in [7, 11) is 1.76. The minimum absolute atomic E-state index is 0.391. The smallest absolute Gasteiger partial charge is 0.137 e. The largest absolute Gasteiger partial charge is 0.384 e. The van der Waals surface area contributed by atoms with Crippen molar-refractivity contribution in [1.29, 1.82) is 0 Å². The van der Waals surface area contributed by atoms with Gasteiger partial charge in [-0.2, -0.15) is 0 Å². The number of hydrogen-bond donors (Lipinski definition) is 2. The zero-order chi connectivity index (χ0) is 24.6. The Morgan fingerprint density at radius 3 is 2.51 bits per heavy atom. The maximum Gasteiger partial charge on any atom is 0.137 e. The van der Waals surface area contributed by atoms with Crippen molar-refractivity contribution in [2.24, 2.45) is 11.8 Å². The highest BCUT2D eigenvalue weighted by Crippen LogP contribution is 2.35. The van der Waals surface area contributed by atoms with E-state index in [-0.39, 0.29) is 0 Å². The molecule has 1 atom stereocenters. The quantitative estimate of drug-likeness (QED) is 0.373. The lowest BCUT2D eigenvalue weighted by atomic mass is 9.83. The van der Waals surface area contributed by atoms with Gasteiger partial charge in [0.15, 0.2) is 0 Å². The standard InChI is InChI=1S/C27H38Cl2N4O2/c1-18(17-34-2)33-21-5-3-19(4-6-21)11-22-12-24(26(28)16-31-22)25-13-23(15-32-27(25)29)30-14-20-7-9-35-10-8-20/h12-13,15-16,18-21,30,33H,3-11,14,17H2,1-2H3/t18-,19?,21?/m0/s1. The molecule has 1 saturated heterocycles. The van der Waals surface area contributed by atoms with Crippen molar-refractivity contribution in [2.45, 2.75) is 64.0 Å². The minimum atomic E-state index is 0.391. The Kier molecular flexibility index (Phi) is 10.0. The normalized spacial score (nSPS) is 22.2. The van der Waals surface area contributed by atoms with Crippen LogP contribution in [0.1, 0.15) is 51.1 Å². The van der Waals surface area contributed by atoms with Gasteiger partial charge in [-0.3, -0.25) is 4.98 Å². The number of hydrogen-bond acceptors (Lipinski definition) is 6. The van der Waals surface area contributed by atoms with Crippen LogP contribution in [-0.4, -0.2) is 55.5 Å². The van der Waals surface area contributed by atoms with E-state index in [1.165, 1.54) is 25.7 Å². The Bertz CT molecular complexity index is 947. The fourth-order valence-corrected chi connectivity index (χ4v) is 5.69. The Morgan fingerprint density at radius 2 is 1.77 bits per heavy atom. The van der Waals surface area contributed by atoms with E-state index < -0.39 is 0 Å². The second-order valence-corrected chi connectivity index (χ2v) is 10.9. The van der Waals surface area contributed by atoms with E-state index in [0.717, 1.165) is 68.1 Å². The zero-order valence-electron chi connectivity index (χ0n) is 20.9. The molecule has 3 heterocycles. The summed E-state index contributed by atoms with van der Waals surface area (Å²) >= 11 is 13.1. The minimum Gasteiger partial charge on any atom is -0.384 e. The van der Waals surface area contributed by atoms with Gasteiger partial charge in [0.05, 0.1) is 23.5 Å². The molecule has 1 aliphatic heterocycles. The third-order valence-corrected chi connectivity index (χ3v) is 7.86. The van der Waals surface area contributed by atoms with Crippen LogP contribution in [0.2, 0.25) is 10.2 Å². The summed E-state index contributed by atoms with van der Waals surface area (Å²) < 4.78 is 10.7. The molecule has 1 aliphatic carbocycles. The Morgan fingerprint density at radius 1 is 1.00 bits per heavy atom. The molecule has 0 unspecified atom stereocenters. The molecule has 4 rings (SSSR count). The first-order valence-corrected chi connectivity index (χ1v) is 13.6. The molecule has 35 heavy (non-hydrogen) atoms. The van der Waals surface area contributed by atoms with Gasteiger partial charge in [0.1, 0.15) is 5.15 Å². The van der Waals surface area contributed by atoms with Gasteiger partial charge in [0.2, 0.25) is 0 Å². The van der Waals surface area contributed by atoms with Crippen LogP contribution in [0.25, 0.3) is 11.1 Å². The lowest BCUT2D eigenvalue weighted by Gasteiger charge is -2.31. The molecule has 6 nitrogen and oxygen atoms in total. The summed E-state index contributed by atoms with van der Waals surface area (Å²) in [6.07, 6.45) is 11.5. The van der Waals surface area contributed by atoms with Crippen LogP contribution < -0.4 is 10.6 Å². The highest BCUT2D eigenvalue weighted by molar-refractivity contribution is 6.35. The van der Waals surface area contributed by atoms with E-state index in [1.54, 1.807) is 19.5 Å². The lowest BCUT2D eigenvalue weighted by molar-refractivity contribution is 0.0699. The topological polar surface area (TPSA) is 68.3 Å². The molecule has 0 radical (unpaired) electrons. The summed E-state index contributed by atoms with van der Waals surface area (Å²) in [5, 5.41) is 8.27. The van der Waals surface area contributed by atoms with Crippen LogP contribution >= 0.6 is 23.2 Å². The lowest BCUT2D eigenvalue weighted by Crippen LogP contribution is -2.41. The van der Waals surface area contributed by atoms with Crippen LogP contribution in [-0.2, 0) is 15.9 Å². The van der Waals surface area contributed by atoms with Crippen molar-refractivity contribution in [3.8, 4) is 11.1 Å². The second kappa shape index (κ2) is 13.2. The molecule has 1 saturated carbocycles. The average Bonchev–Trinajstić information content (AvgIpc) is 2.87. The molecule has 8 heteroatoms. The molecule has 2 N–H and O–H groups in total. The summed E-state index contributed by atoms with van der Waals surface area (Å²) in [6, 6.07) is 5.12. The van der Waals surface area contributed by atoms with Crippen molar-refractivity contribution < 1.29 is 9.47 Å². The monoisotopic (exact) mass is 520 g/mol. The van der Waals surface area contributed by atoms with Crippen LogP contribution in [0.5, 0.6) is 0 Å². The number of anilines is 1. The number of halogens is 2. The average molecular weight is 522 g/mol. The van der Waals surface area contributed by atoms with Gasteiger partial charge in [-0.25, -0.2) is 4.98 Å². The SMILES string of the molecule is COC[C@H](C)NC1CCC(Cc2cc(-c3cc(NCC4CCOCC4)cnc3Cl)c(Cl)cn2)CC1. The fourth-order valence-electron chi connectivity index (χ4n) is 5.28. The summed E-state index contributed by atoms with van der Waals surface area (Å²) in [4.78, 5) is 9.08. The van der Waals surface area contributed by atoms with Crippen molar-refractivity contribution in [3.05, 3.63) is 40.4 Å². The third-order valence-electron chi connectivity index (χ3n) is 7.26. The Balaban J connectivity index is 1.38. The van der Waals surface area contributed by atoms with E-state index in [4.69, 9.17) is 32.7 Å². The second-order valence-electron chi connectivity index (χ2n) is 10.1. The number of pyridine rings is 2. The molecule has 2 aromatic rings. The van der Waals surface area contributed by atoms with E-state index in [0.29, 0.717) is 34.1 Å². The molecule has 0 spiro atoms. The zero-order valence-corrected chi connectivity index (χ0v) is 22.4. The van der Waals surface area contributed by atoms with Gasteiger partial charge >= 0.3 is 0 Å². The Hall–Kier alpha value is -1.44. The number of nitrogens with zero attached hydrogens (tertiary/aromatic N) is 2. The maximum atomic E-state index is 6.59. The first-order chi connectivity index (χ1) is 17.0. The highest BCUT2D eigenvalue weighted by atomic mass is 35.5. The van der Waals surface area contributed by atoms with Gasteiger partial charge in [-0.05, 0) is 75.8 Å². The molecule has 192 valence electrons. The molecule has 2 aromatic heterocycles. The van der Waals surface area contributed by atoms with Crippen molar-refractivity contribution >= 4 is 28.9 Å². The fraction of sp³-hybridized carbons (Fsp3) is 0.630. The van der Waals surface area contributed by atoms with Gasteiger partial charge < -0.3 is 20.1 Å². The number of methoxy groups -OCH3 is 1. The summed E-state index contributed by atoms with van der Waals surface area (Å²) in [6.45, 7) is 5.53. The number of nitrogens with one attached hydrogen (secondary N) is 2. The predicted molar refractivity (Wildman–Crippen MR) is 143 cm³/mol. The van der Waals surface area contributed by atoms with Crippen molar-refractivity contribution in [2.75, 3.05) is 38.8 Å².